The van der Waals surface area contributed by atoms with E-state index in [9.17, 15) is 14.4 Å². The Labute approximate surface area is 398 Å². The number of carbonyl (C=O) groups is 3. The summed E-state index contributed by atoms with van der Waals surface area (Å²) in [5.74, 6) is -0.996. The largest absolute Gasteiger partial charge is 0.462 e. The molecule has 0 aliphatic heterocycles. The molecule has 6 nitrogen and oxygen atoms in total. The summed E-state index contributed by atoms with van der Waals surface area (Å²) >= 11 is 0. The lowest BCUT2D eigenvalue weighted by Gasteiger charge is -2.18. The van der Waals surface area contributed by atoms with Crippen LogP contribution in [0.5, 0.6) is 0 Å². The summed E-state index contributed by atoms with van der Waals surface area (Å²) in [4.78, 5) is 38.0. The van der Waals surface area contributed by atoms with Crippen molar-refractivity contribution in [2.24, 2.45) is 0 Å². The minimum Gasteiger partial charge on any atom is -0.462 e. The van der Waals surface area contributed by atoms with Gasteiger partial charge in [0, 0.05) is 19.3 Å². The van der Waals surface area contributed by atoms with Gasteiger partial charge in [-0.2, -0.15) is 0 Å². The highest BCUT2D eigenvalue weighted by Gasteiger charge is 2.19. The second-order valence-electron chi connectivity index (χ2n) is 16.5. The first-order valence-electron chi connectivity index (χ1n) is 25.8. The van der Waals surface area contributed by atoms with E-state index in [4.69, 9.17) is 14.2 Å². The Morgan fingerprint density at radius 3 is 1.12 bits per heavy atom. The van der Waals surface area contributed by atoms with Crippen LogP contribution in [0.2, 0.25) is 0 Å². The maximum Gasteiger partial charge on any atom is 0.306 e. The van der Waals surface area contributed by atoms with Crippen molar-refractivity contribution in [3.8, 4) is 0 Å². The second-order valence-corrected chi connectivity index (χ2v) is 16.5. The monoisotopic (exact) mass is 897 g/mol. The highest BCUT2D eigenvalue weighted by atomic mass is 16.6. The molecule has 0 fully saturated rings. The smallest absolute Gasteiger partial charge is 0.306 e. The molecule has 0 saturated carbocycles. The minimum atomic E-state index is -0.817. The lowest BCUT2D eigenvalue weighted by Crippen LogP contribution is -2.30. The van der Waals surface area contributed by atoms with Crippen molar-refractivity contribution in [1.29, 1.82) is 0 Å². The zero-order chi connectivity index (χ0) is 47.2. The SMILES string of the molecule is CC\C=C/C=C\C=C/C=C\C=C\C=C/C=C\CCCCCC(=O)OCC(COC(=O)CCCCCCCCCCCCCC)OC(=O)CCCCC/C=C\C/C=C\C/C=C\C/C=C\CC. The van der Waals surface area contributed by atoms with E-state index < -0.39 is 6.10 Å². The molecule has 1 unspecified atom stereocenters. The molecular weight excluding hydrogens is 805 g/mol. The van der Waals surface area contributed by atoms with Gasteiger partial charge in [0.2, 0.25) is 0 Å². The second kappa shape index (κ2) is 52.2. The van der Waals surface area contributed by atoms with Crippen molar-refractivity contribution in [3.05, 3.63) is 134 Å². The van der Waals surface area contributed by atoms with Crippen molar-refractivity contribution in [3.63, 3.8) is 0 Å². The van der Waals surface area contributed by atoms with E-state index in [2.05, 4.69) is 81.5 Å². The quantitative estimate of drug-likeness (QED) is 0.0199. The molecule has 0 spiro atoms. The number of hydrogen-bond donors (Lipinski definition) is 0. The summed E-state index contributed by atoms with van der Waals surface area (Å²) in [7, 11) is 0. The van der Waals surface area contributed by atoms with Gasteiger partial charge in [-0.05, 0) is 77.0 Å². The van der Waals surface area contributed by atoms with Crippen molar-refractivity contribution in [2.75, 3.05) is 13.2 Å². The average molecular weight is 897 g/mol. The van der Waals surface area contributed by atoms with E-state index in [-0.39, 0.29) is 37.5 Å². The molecule has 0 rings (SSSR count). The van der Waals surface area contributed by atoms with E-state index in [1.807, 2.05) is 72.9 Å². The summed E-state index contributed by atoms with van der Waals surface area (Å²) < 4.78 is 16.7. The molecule has 0 heterocycles. The van der Waals surface area contributed by atoms with E-state index in [1.54, 1.807) is 0 Å². The zero-order valence-electron chi connectivity index (χ0n) is 41.4. The zero-order valence-corrected chi connectivity index (χ0v) is 41.4. The van der Waals surface area contributed by atoms with Crippen LogP contribution < -0.4 is 0 Å². The van der Waals surface area contributed by atoms with Gasteiger partial charge in [0.05, 0.1) is 0 Å². The Kier molecular flexibility index (Phi) is 48.6. The molecule has 0 radical (unpaired) electrons. The number of esters is 3. The molecule has 0 aromatic rings. The van der Waals surface area contributed by atoms with Crippen LogP contribution in [0, 0.1) is 0 Å². The third-order valence-electron chi connectivity index (χ3n) is 10.3. The summed E-state index contributed by atoms with van der Waals surface area (Å²) in [6.45, 7) is 6.29. The van der Waals surface area contributed by atoms with E-state index in [0.717, 1.165) is 96.3 Å². The van der Waals surface area contributed by atoms with Gasteiger partial charge < -0.3 is 14.2 Å². The Morgan fingerprint density at radius 1 is 0.338 bits per heavy atom. The lowest BCUT2D eigenvalue weighted by atomic mass is 10.0. The topological polar surface area (TPSA) is 78.9 Å². The van der Waals surface area contributed by atoms with Crippen molar-refractivity contribution in [2.45, 2.75) is 207 Å². The highest BCUT2D eigenvalue weighted by Crippen LogP contribution is 2.14. The van der Waals surface area contributed by atoms with E-state index >= 15 is 0 Å². The molecule has 0 aromatic heterocycles. The normalized spacial score (nSPS) is 13.2. The van der Waals surface area contributed by atoms with Gasteiger partial charge in [-0.15, -0.1) is 0 Å². The van der Waals surface area contributed by atoms with Crippen LogP contribution in [0.3, 0.4) is 0 Å². The molecule has 1 atom stereocenters. The third kappa shape index (κ3) is 50.4. The van der Waals surface area contributed by atoms with E-state index in [0.29, 0.717) is 19.3 Å². The number of ether oxygens (including phenoxy) is 3. The fourth-order valence-corrected chi connectivity index (χ4v) is 6.53. The first kappa shape index (κ1) is 60.5. The Morgan fingerprint density at radius 2 is 0.677 bits per heavy atom. The van der Waals surface area contributed by atoms with Gasteiger partial charge in [0.1, 0.15) is 13.2 Å². The van der Waals surface area contributed by atoms with Crippen molar-refractivity contribution < 1.29 is 28.6 Å². The Balaban J connectivity index is 4.57. The van der Waals surface area contributed by atoms with Crippen molar-refractivity contribution in [1.82, 2.24) is 0 Å². The number of rotatable bonds is 44. The van der Waals surface area contributed by atoms with Gasteiger partial charge in [-0.1, -0.05) is 238 Å². The van der Waals surface area contributed by atoms with Gasteiger partial charge in [0.15, 0.2) is 6.10 Å². The number of carbonyl (C=O) groups excluding carboxylic acids is 3. The van der Waals surface area contributed by atoms with Crippen LogP contribution in [0.4, 0.5) is 0 Å². The van der Waals surface area contributed by atoms with Crippen molar-refractivity contribution >= 4 is 17.9 Å². The van der Waals surface area contributed by atoms with Crippen LogP contribution in [-0.4, -0.2) is 37.2 Å². The predicted octanol–water partition coefficient (Wildman–Crippen LogP) is 17.1. The highest BCUT2D eigenvalue weighted by molar-refractivity contribution is 5.71. The van der Waals surface area contributed by atoms with E-state index in [1.165, 1.54) is 57.8 Å². The number of unbranched alkanes of at least 4 members (excludes halogenated alkanes) is 17. The average Bonchev–Trinajstić information content (AvgIpc) is 3.30. The molecule has 0 bridgehead atoms. The number of hydrogen-bond acceptors (Lipinski definition) is 6. The maximum absolute atomic E-state index is 12.8. The molecule has 0 saturated heterocycles. The fraction of sp³-hybridized carbons (Fsp3) is 0.576. The summed E-state index contributed by atoms with van der Waals surface area (Å²) in [5, 5.41) is 0. The van der Waals surface area contributed by atoms with Crippen LogP contribution in [-0.2, 0) is 28.6 Å². The molecule has 0 N–H and O–H groups in total. The third-order valence-corrected chi connectivity index (χ3v) is 10.3. The van der Waals surface area contributed by atoms with Crippen LogP contribution >= 0.6 is 0 Å². The van der Waals surface area contributed by atoms with Gasteiger partial charge in [-0.3, -0.25) is 14.4 Å². The Hall–Kier alpha value is -4.45. The molecular formula is C59H92O6. The van der Waals surface area contributed by atoms with Gasteiger partial charge in [-0.25, -0.2) is 0 Å². The van der Waals surface area contributed by atoms with Gasteiger partial charge in [0.25, 0.3) is 0 Å². The Bertz CT molecular complexity index is 1450. The molecule has 65 heavy (non-hydrogen) atoms. The van der Waals surface area contributed by atoms with Crippen LogP contribution in [0.1, 0.15) is 201 Å². The minimum absolute atomic E-state index is 0.109. The molecule has 6 heteroatoms. The molecule has 0 amide bonds. The summed E-state index contributed by atoms with van der Waals surface area (Å²) in [6.07, 6.45) is 72.8. The van der Waals surface area contributed by atoms with Gasteiger partial charge >= 0.3 is 17.9 Å². The van der Waals surface area contributed by atoms with Crippen LogP contribution in [0.15, 0.2) is 134 Å². The summed E-state index contributed by atoms with van der Waals surface area (Å²) in [5.41, 5.74) is 0. The molecule has 0 aliphatic carbocycles. The lowest BCUT2D eigenvalue weighted by molar-refractivity contribution is -0.167. The first-order valence-corrected chi connectivity index (χ1v) is 25.8. The maximum atomic E-state index is 12.8. The summed E-state index contributed by atoms with van der Waals surface area (Å²) in [6, 6.07) is 0. The molecule has 364 valence electrons. The van der Waals surface area contributed by atoms with Crippen LogP contribution in [0.25, 0.3) is 0 Å². The predicted molar refractivity (Wildman–Crippen MR) is 279 cm³/mol. The fourth-order valence-electron chi connectivity index (χ4n) is 6.53. The first-order chi connectivity index (χ1) is 32.0. The standard InChI is InChI=1S/C59H92O6/c1-4-7-10-13-16-19-22-25-27-29-30-31-33-34-37-40-43-46-49-52-58(61)64-55-56(54-63-57(60)51-48-45-42-39-36-24-21-18-15-12-9-6-3)65-59(62)53-50-47-44-41-38-35-32-28-26-23-20-17-14-11-8-5-2/h7-8,10-11,13,16-17,19-20,22,25-31,33-35,37-38,56H,4-6,9,12,14-15,18,21,23-24,32,36,39-55H2,1-3H3/b10-7-,11-8-,16-13-,20-17-,22-19-,27-25-,28-26-,30-29+,33-31-,37-34-,38-35-. The molecule has 0 aromatic carbocycles. The molecule has 0 aliphatic rings. The number of allylic oxidation sites excluding steroid dienone is 22.